The zero-order valence-electron chi connectivity index (χ0n) is 9.34. The van der Waals surface area contributed by atoms with Crippen LogP contribution in [0.4, 0.5) is 16.4 Å². The second kappa shape index (κ2) is 5.07. The van der Waals surface area contributed by atoms with Gasteiger partial charge in [0, 0.05) is 11.9 Å². The number of rotatable bonds is 2. The Labute approximate surface area is 98.9 Å². The van der Waals surface area contributed by atoms with E-state index in [0.29, 0.717) is 11.6 Å². The third kappa shape index (κ3) is 3.27. The number of amides is 2. The number of carbonyl (C=O) groups excluding carboxylic acids is 1. The van der Waals surface area contributed by atoms with Crippen LogP contribution in [0.15, 0.2) is 42.6 Å². The first-order valence-corrected chi connectivity index (χ1v) is 5.17. The van der Waals surface area contributed by atoms with Crippen LogP contribution in [0, 0.1) is 6.92 Å². The molecule has 0 saturated heterocycles. The average molecular weight is 228 g/mol. The summed E-state index contributed by atoms with van der Waals surface area (Å²) in [5, 5.41) is 5.24. The van der Waals surface area contributed by atoms with E-state index < -0.39 is 0 Å². The van der Waals surface area contributed by atoms with Crippen molar-refractivity contribution in [1.29, 1.82) is 0 Å². The topological polar surface area (TPSA) is 66.9 Å². The zero-order chi connectivity index (χ0) is 12.1. The van der Waals surface area contributed by atoms with Gasteiger partial charge in [0.1, 0.15) is 11.6 Å². The Kier molecular flexibility index (Phi) is 3.30. The fourth-order valence-corrected chi connectivity index (χ4v) is 1.31. The van der Waals surface area contributed by atoms with E-state index in [-0.39, 0.29) is 6.03 Å². The van der Waals surface area contributed by atoms with E-state index in [1.807, 2.05) is 19.1 Å². The molecule has 2 heterocycles. The predicted molar refractivity (Wildman–Crippen MR) is 65.9 cm³/mol. The number of hydrogen-bond acceptors (Lipinski definition) is 3. The molecule has 0 aromatic carbocycles. The maximum absolute atomic E-state index is 11.6. The first kappa shape index (κ1) is 11.1. The molecule has 86 valence electrons. The molecule has 0 radical (unpaired) electrons. The lowest BCUT2D eigenvalue weighted by Crippen LogP contribution is -2.20. The maximum atomic E-state index is 11.6. The fourth-order valence-electron chi connectivity index (χ4n) is 1.31. The first-order chi connectivity index (χ1) is 8.24. The van der Waals surface area contributed by atoms with E-state index in [0.717, 1.165) is 5.69 Å². The molecule has 0 bridgehead atoms. The van der Waals surface area contributed by atoms with Crippen molar-refractivity contribution in [3.63, 3.8) is 0 Å². The Balaban J connectivity index is 1.98. The molecule has 2 aromatic heterocycles. The van der Waals surface area contributed by atoms with Crippen LogP contribution in [-0.2, 0) is 0 Å². The molecule has 2 amide bonds. The van der Waals surface area contributed by atoms with Gasteiger partial charge in [-0.3, -0.25) is 10.6 Å². The van der Waals surface area contributed by atoms with Crippen LogP contribution in [0.3, 0.4) is 0 Å². The van der Waals surface area contributed by atoms with Crippen molar-refractivity contribution >= 4 is 17.7 Å². The third-order valence-electron chi connectivity index (χ3n) is 2.04. The Morgan fingerprint density at radius 1 is 1.06 bits per heavy atom. The van der Waals surface area contributed by atoms with E-state index in [2.05, 4.69) is 20.6 Å². The molecule has 0 unspecified atom stereocenters. The van der Waals surface area contributed by atoms with Crippen molar-refractivity contribution in [2.24, 2.45) is 0 Å². The number of hydrogen-bond donors (Lipinski definition) is 2. The van der Waals surface area contributed by atoms with Crippen molar-refractivity contribution in [2.75, 3.05) is 10.6 Å². The molecule has 0 fully saturated rings. The second-order valence-corrected chi connectivity index (χ2v) is 3.46. The van der Waals surface area contributed by atoms with E-state index in [4.69, 9.17) is 0 Å². The molecule has 0 aliphatic rings. The average Bonchev–Trinajstić information content (AvgIpc) is 2.30. The van der Waals surface area contributed by atoms with Gasteiger partial charge in [-0.1, -0.05) is 12.1 Å². The molecular formula is C12H12N4O. The van der Waals surface area contributed by atoms with E-state index in [1.54, 1.807) is 30.5 Å². The van der Waals surface area contributed by atoms with Crippen LogP contribution < -0.4 is 10.6 Å². The van der Waals surface area contributed by atoms with Gasteiger partial charge in [-0.25, -0.2) is 14.8 Å². The standard InChI is InChI=1S/C12H12N4O/c1-9-5-4-7-11(14-9)16-12(17)15-10-6-2-3-8-13-10/h2-8H,1H3,(H2,13,14,15,16,17). The van der Waals surface area contributed by atoms with E-state index in [9.17, 15) is 4.79 Å². The molecule has 2 rings (SSSR count). The van der Waals surface area contributed by atoms with Crippen LogP contribution in [-0.4, -0.2) is 16.0 Å². The summed E-state index contributed by atoms with van der Waals surface area (Å²) in [5.41, 5.74) is 0.848. The van der Waals surface area contributed by atoms with Gasteiger partial charge < -0.3 is 0 Å². The minimum atomic E-state index is -0.359. The smallest absolute Gasteiger partial charge is 0.292 e. The zero-order valence-corrected chi connectivity index (χ0v) is 9.34. The van der Waals surface area contributed by atoms with Crippen LogP contribution in [0.2, 0.25) is 0 Å². The van der Waals surface area contributed by atoms with Gasteiger partial charge in [-0.15, -0.1) is 0 Å². The number of aromatic nitrogens is 2. The molecule has 17 heavy (non-hydrogen) atoms. The minimum absolute atomic E-state index is 0.359. The summed E-state index contributed by atoms with van der Waals surface area (Å²) in [6.07, 6.45) is 1.61. The number of anilines is 2. The molecule has 2 N–H and O–H groups in total. The van der Waals surface area contributed by atoms with Crippen molar-refractivity contribution in [3.05, 3.63) is 48.3 Å². The summed E-state index contributed by atoms with van der Waals surface area (Å²) in [7, 11) is 0. The van der Waals surface area contributed by atoms with Gasteiger partial charge in [0.05, 0.1) is 0 Å². The molecule has 0 atom stereocenters. The normalized spacial score (nSPS) is 9.71. The van der Waals surface area contributed by atoms with Crippen molar-refractivity contribution < 1.29 is 4.79 Å². The summed E-state index contributed by atoms with van der Waals surface area (Å²) in [5.74, 6) is 1.01. The lowest BCUT2D eigenvalue weighted by atomic mass is 10.4. The third-order valence-corrected chi connectivity index (χ3v) is 2.04. The summed E-state index contributed by atoms with van der Waals surface area (Å²) < 4.78 is 0. The van der Waals surface area contributed by atoms with Gasteiger partial charge in [-0.2, -0.15) is 0 Å². The van der Waals surface area contributed by atoms with Crippen molar-refractivity contribution in [2.45, 2.75) is 6.92 Å². The number of nitrogens with zero attached hydrogens (tertiary/aromatic N) is 2. The molecule has 0 spiro atoms. The number of nitrogens with one attached hydrogen (secondary N) is 2. The van der Waals surface area contributed by atoms with Crippen LogP contribution >= 0.6 is 0 Å². The molecule has 0 aliphatic heterocycles. The molecule has 5 nitrogen and oxygen atoms in total. The van der Waals surface area contributed by atoms with Gasteiger partial charge in [0.25, 0.3) is 0 Å². The van der Waals surface area contributed by atoms with Crippen LogP contribution in [0.1, 0.15) is 5.69 Å². The van der Waals surface area contributed by atoms with Crippen molar-refractivity contribution in [3.8, 4) is 0 Å². The Bertz CT molecular complexity index is 513. The monoisotopic (exact) mass is 228 g/mol. The van der Waals surface area contributed by atoms with Gasteiger partial charge in [-0.05, 0) is 31.2 Å². The van der Waals surface area contributed by atoms with E-state index >= 15 is 0 Å². The maximum Gasteiger partial charge on any atom is 0.326 e. The van der Waals surface area contributed by atoms with Gasteiger partial charge in [0.15, 0.2) is 0 Å². The summed E-state index contributed by atoms with van der Waals surface area (Å²) >= 11 is 0. The minimum Gasteiger partial charge on any atom is -0.292 e. The predicted octanol–water partition coefficient (Wildman–Crippen LogP) is 2.43. The summed E-state index contributed by atoms with van der Waals surface area (Å²) in [4.78, 5) is 19.7. The first-order valence-electron chi connectivity index (χ1n) is 5.17. The Morgan fingerprint density at radius 3 is 2.53 bits per heavy atom. The SMILES string of the molecule is Cc1cccc(NC(=O)Nc2ccccn2)n1. The quantitative estimate of drug-likeness (QED) is 0.829. The van der Waals surface area contributed by atoms with Crippen molar-refractivity contribution in [1.82, 2.24) is 9.97 Å². The summed E-state index contributed by atoms with van der Waals surface area (Å²) in [6.45, 7) is 1.86. The van der Waals surface area contributed by atoms with Crippen LogP contribution in [0.25, 0.3) is 0 Å². The highest BCUT2D eigenvalue weighted by Gasteiger charge is 2.03. The fraction of sp³-hybridized carbons (Fsp3) is 0.0833. The Hall–Kier alpha value is -2.43. The lowest BCUT2D eigenvalue weighted by molar-refractivity contribution is 0.262. The second-order valence-electron chi connectivity index (χ2n) is 3.46. The molecule has 5 heteroatoms. The Morgan fingerprint density at radius 2 is 1.82 bits per heavy atom. The molecule has 0 saturated carbocycles. The van der Waals surface area contributed by atoms with Gasteiger partial charge >= 0.3 is 6.03 Å². The number of urea groups is 1. The lowest BCUT2D eigenvalue weighted by Gasteiger charge is -2.06. The number of carbonyl (C=O) groups is 1. The molecule has 0 aliphatic carbocycles. The largest absolute Gasteiger partial charge is 0.326 e. The summed E-state index contributed by atoms with van der Waals surface area (Å²) in [6, 6.07) is 10.4. The highest BCUT2D eigenvalue weighted by Crippen LogP contribution is 2.05. The van der Waals surface area contributed by atoms with Crippen LogP contribution in [0.5, 0.6) is 0 Å². The highest BCUT2D eigenvalue weighted by atomic mass is 16.2. The molecular weight excluding hydrogens is 216 g/mol. The number of pyridine rings is 2. The number of aryl methyl sites for hydroxylation is 1. The van der Waals surface area contributed by atoms with E-state index in [1.165, 1.54) is 0 Å². The highest BCUT2D eigenvalue weighted by molar-refractivity contribution is 5.98. The molecule has 2 aromatic rings. The van der Waals surface area contributed by atoms with Gasteiger partial charge in [0.2, 0.25) is 0 Å².